The number of nitrogens with two attached hydrogens (primary N) is 1. The molecule has 1 aliphatic heterocycles. The number of carbonyl (C=O) groups excluding carboxylic acids is 2. The fourth-order valence-electron chi connectivity index (χ4n) is 2.25. The summed E-state index contributed by atoms with van der Waals surface area (Å²) >= 11 is 0. The number of hydrogen-bond donors (Lipinski definition) is 2. The first-order chi connectivity index (χ1) is 12.5. The van der Waals surface area contributed by atoms with Crippen LogP contribution in [0.5, 0.6) is 17.2 Å². The second kappa shape index (κ2) is 7.56. The van der Waals surface area contributed by atoms with Crippen LogP contribution in [0.15, 0.2) is 47.6 Å². The maximum Gasteiger partial charge on any atom is 0.271 e. The molecule has 134 valence electrons. The van der Waals surface area contributed by atoms with Crippen LogP contribution in [0.3, 0.4) is 0 Å². The molecule has 0 spiro atoms. The summed E-state index contributed by atoms with van der Waals surface area (Å²) in [6.45, 7) is 1.73. The van der Waals surface area contributed by atoms with E-state index in [2.05, 4.69) is 10.5 Å². The van der Waals surface area contributed by atoms with E-state index in [-0.39, 0.29) is 19.3 Å². The number of primary amides is 1. The molecule has 0 fully saturated rings. The van der Waals surface area contributed by atoms with E-state index < -0.39 is 5.91 Å². The molecule has 1 aliphatic rings. The number of nitrogens with one attached hydrogen (secondary N) is 1. The maximum atomic E-state index is 12.2. The first kappa shape index (κ1) is 17.3. The standard InChI is InChI=1S/C18H17N3O5/c1-11(12-2-5-14(6-3-12)24-9-17(19)22)20-21-18(23)13-4-7-15-16(8-13)26-10-25-15/h2-8H,9-10H2,1H3,(H2,19,22)(H,21,23)/b20-11-. The van der Waals surface area contributed by atoms with Gasteiger partial charge in [-0.25, -0.2) is 5.43 Å². The van der Waals surface area contributed by atoms with Crippen LogP contribution in [0.1, 0.15) is 22.8 Å². The number of hydrogen-bond acceptors (Lipinski definition) is 6. The molecular formula is C18H17N3O5. The molecule has 2 aromatic carbocycles. The Balaban J connectivity index is 1.62. The molecule has 0 unspecified atom stereocenters. The maximum absolute atomic E-state index is 12.2. The average Bonchev–Trinajstić information content (AvgIpc) is 3.12. The second-order valence-electron chi connectivity index (χ2n) is 5.49. The van der Waals surface area contributed by atoms with Gasteiger partial charge < -0.3 is 19.9 Å². The van der Waals surface area contributed by atoms with Crippen LogP contribution in [0.4, 0.5) is 0 Å². The summed E-state index contributed by atoms with van der Waals surface area (Å²) < 4.78 is 15.7. The molecule has 1 heterocycles. The summed E-state index contributed by atoms with van der Waals surface area (Å²) in [7, 11) is 0. The van der Waals surface area contributed by atoms with E-state index in [1.165, 1.54) is 0 Å². The number of nitrogens with zero attached hydrogens (tertiary/aromatic N) is 1. The zero-order chi connectivity index (χ0) is 18.5. The predicted molar refractivity (Wildman–Crippen MR) is 93.4 cm³/mol. The van der Waals surface area contributed by atoms with E-state index in [1.807, 2.05) is 0 Å². The van der Waals surface area contributed by atoms with Gasteiger partial charge in [-0.05, 0) is 55.0 Å². The van der Waals surface area contributed by atoms with Crippen molar-refractivity contribution in [2.75, 3.05) is 13.4 Å². The Morgan fingerprint density at radius 3 is 2.54 bits per heavy atom. The number of amides is 2. The molecule has 0 aliphatic carbocycles. The Hall–Kier alpha value is -3.55. The van der Waals surface area contributed by atoms with Gasteiger partial charge in [0.25, 0.3) is 11.8 Å². The van der Waals surface area contributed by atoms with Gasteiger partial charge in [-0.15, -0.1) is 0 Å². The molecule has 0 atom stereocenters. The predicted octanol–water partition coefficient (Wildman–Crippen LogP) is 1.43. The molecule has 0 bridgehead atoms. The van der Waals surface area contributed by atoms with Crippen LogP contribution in [-0.4, -0.2) is 30.9 Å². The number of ether oxygens (including phenoxy) is 3. The van der Waals surface area contributed by atoms with E-state index in [0.29, 0.717) is 28.5 Å². The fraction of sp³-hybridized carbons (Fsp3) is 0.167. The highest BCUT2D eigenvalue weighted by Crippen LogP contribution is 2.32. The molecule has 8 heteroatoms. The summed E-state index contributed by atoms with van der Waals surface area (Å²) in [6.07, 6.45) is 0. The van der Waals surface area contributed by atoms with Crippen LogP contribution in [0, 0.1) is 0 Å². The van der Waals surface area contributed by atoms with Crippen molar-refractivity contribution in [3.63, 3.8) is 0 Å². The molecule has 0 radical (unpaired) electrons. The van der Waals surface area contributed by atoms with Crippen molar-refractivity contribution in [3.8, 4) is 17.2 Å². The van der Waals surface area contributed by atoms with Gasteiger partial charge in [0.15, 0.2) is 18.1 Å². The Morgan fingerprint density at radius 1 is 1.12 bits per heavy atom. The first-order valence-corrected chi connectivity index (χ1v) is 7.79. The summed E-state index contributed by atoms with van der Waals surface area (Å²) in [6, 6.07) is 11.8. The van der Waals surface area contributed by atoms with Crippen molar-refractivity contribution in [3.05, 3.63) is 53.6 Å². The number of carbonyl (C=O) groups is 2. The Morgan fingerprint density at radius 2 is 1.81 bits per heavy atom. The largest absolute Gasteiger partial charge is 0.484 e. The molecule has 0 saturated carbocycles. The lowest BCUT2D eigenvalue weighted by molar-refractivity contribution is -0.119. The average molecular weight is 355 g/mol. The van der Waals surface area contributed by atoms with Crippen LogP contribution in [-0.2, 0) is 4.79 Å². The van der Waals surface area contributed by atoms with Crippen molar-refractivity contribution in [2.24, 2.45) is 10.8 Å². The lowest BCUT2D eigenvalue weighted by Crippen LogP contribution is -2.20. The lowest BCUT2D eigenvalue weighted by Gasteiger charge is -2.06. The van der Waals surface area contributed by atoms with Crippen LogP contribution < -0.4 is 25.4 Å². The van der Waals surface area contributed by atoms with E-state index in [0.717, 1.165) is 5.56 Å². The van der Waals surface area contributed by atoms with Gasteiger partial charge in [0.1, 0.15) is 5.75 Å². The third-order valence-corrected chi connectivity index (χ3v) is 3.61. The molecule has 26 heavy (non-hydrogen) atoms. The molecular weight excluding hydrogens is 338 g/mol. The van der Waals surface area contributed by atoms with Crippen molar-refractivity contribution in [2.45, 2.75) is 6.92 Å². The molecule has 0 saturated heterocycles. The van der Waals surface area contributed by atoms with E-state index in [4.69, 9.17) is 19.9 Å². The van der Waals surface area contributed by atoms with E-state index in [1.54, 1.807) is 49.4 Å². The first-order valence-electron chi connectivity index (χ1n) is 7.79. The topological polar surface area (TPSA) is 112 Å². The Kier molecular flexibility index (Phi) is 5.02. The van der Waals surface area contributed by atoms with Gasteiger partial charge >= 0.3 is 0 Å². The second-order valence-corrected chi connectivity index (χ2v) is 5.49. The van der Waals surface area contributed by atoms with Crippen LogP contribution in [0.2, 0.25) is 0 Å². The summed E-state index contributed by atoms with van der Waals surface area (Å²) in [5.74, 6) is 0.761. The number of benzene rings is 2. The summed E-state index contributed by atoms with van der Waals surface area (Å²) in [5.41, 5.74) is 9.35. The minimum atomic E-state index is -0.543. The minimum absolute atomic E-state index is 0.150. The highest BCUT2D eigenvalue weighted by atomic mass is 16.7. The van der Waals surface area contributed by atoms with E-state index >= 15 is 0 Å². The van der Waals surface area contributed by atoms with Gasteiger partial charge in [0, 0.05) is 5.56 Å². The van der Waals surface area contributed by atoms with Crippen LogP contribution >= 0.6 is 0 Å². The SMILES string of the molecule is C/C(=N/NC(=O)c1ccc2c(c1)OCO2)c1ccc(OCC(N)=O)cc1. The van der Waals surface area contributed by atoms with Crippen molar-refractivity contribution in [1.29, 1.82) is 0 Å². The van der Waals surface area contributed by atoms with Crippen molar-refractivity contribution in [1.82, 2.24) is 5.43 Å². The Labute approximate surface area is 149 Å². The molecule has 2 aromatic rings. The third-order valence-electron chi connectivity index (χ3n) is 3.61. The smallest absolute Gasteiger partial charge is 0.271 e. The van der Waals surface area contributed by atoms with Crippen molar-refractivity contribution < 1.29 is 23.8 Å². The van der Waals surface area contributed by atoms with Gasteiger partial charge in [-0.1, -0.05) is 0 Å². The van der Waals surface area contributed by atoms with Crippen molar-refractivity contribution >= 4 is 17.5 Å². The number of hydrazone groups is 1. The normalized spacial score (nSPS) is 12.6. The highest BCUT2D eigenvalue weighted by molar-refractivity contribution is 6.01. The monoisotopic (exact) mass is 355 g/mol. The molecule has 0 aromatic heterocycles. The Bertz CT molecular complexity index is 862. The number of rotatable bonds is 6. The molecule has 3 rings (SSSR count). The van der Waals surface area contributed by atoms with Gasteiger partial charge in [-0.2, -0.15) is 5.10 Å². The molecule has 3 N–H and O–H groups in total. The minimum Gasteiger partial charge on any atom is -0.484 e. The van der Waals surface area contributed by atoms with Gasteiger partial charge in [0.2, 0.25) is 6.79 Å². The van der Waals surface area contributed by atoms with Gasteiger partial charge in [-0.3, -0.25) is 9.59 Å². The third kappa shape index (κ3) is 4.10. The highest BCUT2D eigenvalue weighted by Gasteiger charge is 2.16. The lowest BCUT2D eigenvalue weighted by atomic mass is 10.1. The fourth-order valence-corrected chi connectivity index (χ4v) is 2.25. The summed E-state index contributed by atoms with van der Waals surface area (Å²) in [4.78, 5) is 22.9. The van der Waals surface area contributed by atoms with Gasteiger partial charge in [0.05, 0.1) is 5.71 Å². The zero-order valence-corrected chi connectivity index (χ0v) is 14.0. The molecule has 8 nitrogen and oxygen atoms in total. The summed E-state index contributed by atoms with van der Waals surface area (Å²) in [5, 5.41) is 4.10. The number of fused-ring (bicyclic) bond motifs is 1. The van der Waals surface area contributed by atoms with Crippen LogP contribution in [0.25, 0.3) is 0 Å². The quantitative estimate of drug-likeness (QED) is 0.601. The van der Waals surface area contributed by atoms with E-state index in [9.17, 15) is 9.59 Å². The zero-order valence-electron chi connectivity index (χ0n) is 14.0. The molecule has 2 amide bonds.